The number of carbonyl (C=O) groups is 1. The third-order valence-corrected chi connectivity index (χ3v) is 4.73. The minimum absolute atomic E-state index is 0. The molecule has 0 spiro atoms. The van der Waals surface area contributed by atoms with Crippen molar-refractivity contribution in [1.29, 1.82) is 0 Å². The van der Waals surface area contributed by atoms with E-state index in [1.54, 1.807) is 12.4 Å². The Bertz CT molecular complexity index is 675. The number of likely N-dealkylation sites (tertiary alicyclic amines) is 1. The predicted octanol–water partition coefficient (Wildman–Crippen LogP) is 2.76. The van der Waals surface area contributed by atoms with E-state index in [-0.39, 0.29) is 30.7 Å². The highest BCUT2D eigenvalue weighted by molar-refractivity contribution is 5.85. The third-order valence-electron chi connectivity index (χ3n) is 4.73. The topological polar surface area (TPSA) is 84.2 Å². The van der Waals surface area contributed by atoms with Crippen molar-refractivity contribution in [2.75, 3.05) is 26.7 Å². The zero-order chi connectivity index (χ0) is 17.5. The van der Waals surface area contributed by atoms with E-state index in [9.17, 15) is 4.79 Å². The Morgan fingerprint density at radius 2 is 1.96 bits per heavy atom. The molecule has 150 valence electrons. The maximum atomic E-state index is 12.4. The summed E-state index contributed by atoms with van der Waals surface area (Å²) < 4.78 is 5.26. The molecule has 1 fully saturated rings. The van der Waals surface area contributed by atoms with E-state index in [0.717, 1.165) is 44.0 Å². The van der Waals surface area contributed by atoms with Gasteiger partial charge in [0.1, 0.15) is 0 Å². The normalized spacial score (nSPS) is 14.3. The first-order valence-electron chi connectivity index (χ1n) is 8.91. The Balaban J connectivity index is 0.00000182. The van der Waals surface area contributed by atoms with Gasteiger partial charge < -0.3 is 14.7 Å². The van der Waals surface area contributed by atoms with Crippen LogP contribution < -0.4 is 5.32 Å². The van der Waals surface area contributed by atoms with Crippen LogP contribution in [0, 0.1) is 5.92 Å². The average Bonchev–Trinajstić information content (AvgIpc) is 3.14. The Kier molecular flexibility index (Phi) is 10.3. The van der Waals surface area contributed by atoms with Crippen molar-refractivity contribution in [1.82, 2.24) is 25.3 Å². The Morgan fingerprint density at radius 1 is 1.26 bits per heavy atom. The van der Waals surface area contributed by atoms with E-state index in [0.29, 0.717) is 24.6 Å². The zero-order valence-corrected chi connectivity index (χ0v) is 17.1. The quantitative estimate of drug-likeness (QED) is 0.747. The number of hydrogen-bond acceptors (Lipinski definition) is 6. The van der Waals surface area contributed by atoms with Crippen LogP contribution in [0.1, 0.15) is 31.6 Å². The summed E-state index contributed by atoms with van der Waals surface area (Å²) in [6, 6.07) is 3.66. The molecule has 0 aliphatic carbocycles. The Hall–Kier alpha value is -1.70. The molecule has 7 nitrogen and oxygen atoms in total. The molecule has 0 aromatic carbocycles. The summed E-state index contributed by atoms with van der Waals surface area (Å²) in [5.74, 6) is 1.95. The Labute approximate surface area is 172 Å². The summed E-state index contributed by atoms with van der Waals surface area (Å²) in [5, 5.41) is 7.16. The largest absolute Gasteiger partial charge is 0.343 e. The van der Waals surface area contributed by atoms with Gasteiger partial charge >= 0.3 is 0 Å². The Morgan fingerprint density at radius 3 is 2.63 bits per heavy atom. The molecule has 0 saturated carbocycles. The number of nitrogens with one attached hydrogen (secondary N) is 1. The van der Waals surface area contributed by atoms with Gasteiger partial charge in [0, 0.05) is 43.9 Å². The fraction of sp³-hybridized carbons (Fsp3) is 0.556. The molecule has 3 heterocycles. The van der Waals surface area contributed by atoms with Gasteiger partial charge in [-0.1, -0.05) is 5.16 Å². The van der Waals surface area contributed by atoms with Crippen LogP contribution in [0.5, 0.6) is 0 Å². The number of aromatic nitrogens is 3. The van der Waals surface area contributed by atoms with Crippen LogP contribution in [-0.4, -0.2) is 52.6 Å². The highest BCUT2D eigenvalue weighted by Gasteiger charge is 2.22. The van der Waals surface area contributed by atoms with Crippen LogP contribution in [0.2, 0.25) is 0 Å². The van der Waals surface area contributed by atoms with Crippen molar-refractivity contribution in [3.8, 4) is 11.4 Å². The molecule has 0 radical (unpaired) electrons. The van der Waals surface area contributed by atoms with Crippen LogP contribution in [-0.2, 0) is 11.2 Å². The van der Waals surface area contributed by atoms with Crippen molar-refractivity contribution in [2.24, 2.45) is 5.92 Å². The van der Waals surface area contributed by atoms with Crippen LogP contribution in [0.3, 0.4) is 0 Å². The average molecular weight is 416 g/mol. The lowest BCUT2D eigenvalue weighted by atomic mass is 9.93. The monoisotopic (exact) mass is 415 g/mol. The van der Waals surface area contributed by atoms with Gasteiger partial charge in [-0.2, -0.15) is 4.98 Å². The van der Waals surface area contributed by atoms with Gasteiger partial charge in [-0.15, -0.1) is 24.8 Å². The lowest BCUT2D eigenvalue weighted by molar-refractivity contribution is -0.132. The molecule has 1 aliphatic rings. The van der Waals surface area contributed by atoms with Gasteiger partial charge in [0.15, 0.2) is 0 Å². The highest BCUT2D eigenvalue weighted by Crippen LogP contribution is 2.21. The third kappa shape index (κ3) is 6.75. The number of hydrogen-bond donors (Lipinski definition) is 1. The SMILES string of the molecule is CNCCC1CCN(C(=O)CCc2nc(-c3ccncc3)no2)CC1.Cl.Cl. The van der Waals surface area contributed by atoms with Crippen molar-refractivity contribution in [3.05, 3.63) is 30.4 Å². The molecule has 1 aliphatic heterocycles. The standard InChI is InChI=1S/C18H25N5O2.2ClH/c1-19-9-4-14-7-12-23(13-8-14)17(24)3-2-16-21-18(22-25-16)15-5-10-20-11-6-15;;/h5-6,10-11,14,19H,2-4,7-9,12-13H2,1H3;2*1H. The van der Waals surface area contributed by atoms with Crippen molar-refractivity contribution >= 4 is 30.7 Å². The highest BCUT2D eigenvalue weighted by atomic mass is 35.5. The molecule has 3 rings (SSSR count). The van der Waals surface area contributed by atoms with E-state index in [4.69, 9.17) is 4.52 Å². The molecule has 2 aromatic heterocycles. The number of aryl methyl sites for hydroxylation is 1. The molecule has 1 saturated heterocycles. The van der Waals surface area contributed by atoms with Gasteiger partial charge in [0.05, 0.1) is 0 Å². The maximum absolute atomic E-state index is 12.4. The molecular formula is C18H27Cl2N5O2. The number of pyridine rings is 1. The second kappa shape index (κ2) is 11.9. The van der Waals surface area contributed by atoms with Crippen LogP contribution >= 0.6 is 24.8 Å². The smallest absolute Gasteiger partial charge is 0.227 e. The first-order valence-corrected chi connectivity index (χ1v) is 8.91. The van der Waals surface area contributed by atoms with E-state index >= 15 is 0 Å². The van der Waals surface area contributed by atoms with E-state index in [1.165, 1.54) is 6.42 Å². The molecule has 27 heavy (non-hydrogen) atoms. The van der Waals surface area contributed by atoms with Gasteiger partial charge in [0.2, 0.25) is 17.6 Å². The summed E-state index contributed by atoms with van der Waals surface area (Å²) in [6.07, 6.45) is 7.67. The fourth-order valence-electron chi connectivity index (χ4n) is 3.17. The number of nitrogens with zero attached hydrogens (tertiary/aromatic N) is 4. The van der Waals surface area contributed by atoms with Crippen LogP contribution in [0.15, 0.2) is 29.0 Å². The molecular weight excluding hydrogens is 389 g/mol. The summed E-state index contributed by atoms with van der Waals surface area (Å²) in [4.78, 5) is 22.7. The number of halogens is 2. The second-order valence-electron chi connectivity index (χ2n) is 6.46. The number of amides is 1. The van der Waals surface area contributed by atoms with Crippen molar-refractivity contribution in [2.45, 2.75) is 32.1 Å². The molecule has 0 bridgehead atoms. The van der Waals surface area contributed by atoms with Crippen LogP contribution in [0.4, 0.5) is 0 Å². The molecule has 2 aromatic rings. The molecule has 1 amide bonds. The minimum Gasteiger partial charge on any atom is -0.343 e. The minimum atomic E-state index is 0. The summed E-state index contributed by atoms with van der Waals surface area (Å²) in [7, 11) is 1.98. The number of rotatable bonds is 7. The second-order valence-corrected chi connectivity index (χ2v) is 6.46. The first kappa shape index (κ1) is 23.3. The fourth-order valence-corrected chi connectivity index (χ4v) is 3.17. The summed E-state index contributed by atoms with van der Waals surface area (Å²) >= 11 is 0. The molecule has 0 unspecified atom stereocenters. The lowest BCUT2D eigenvalue weighted by Crippen LogP contribution is -2.39. The number of piperidine rings is 1. The maximum Gasteiger partial charge on any atom is 0.227 e. The summed E-state index contributed by atoms with van der Waals surface area (Å²) in [5.41, 5.74) is 0.861. The van der Waals surface area contributed by atoms with E-state index in [2.05, 4.69) is 20.4 Å². The first-order chi connectivity index (χ1) is 12.3. The molecule has 1 N–H and O–H groups in total. The lowest BCUT2D eigenvalue weighted by Gasteiger charge is -2.32. The zero-order valence-electron chi connectivity index (χ0n) is 15.5. The van der Waals surface area contributed by atoms with Gasteiger partial charge in [-0.3, -0.25) is 9.78 Å². The van der Waals surface area contributed by atoms with Crippen molar-refractivity contribution in [3.63, 3.8) is 0 Å². The van der Waals surface area contributed by atoms with Gasteiger partial charge in [-0.05, 0) is 50.9 Å². The van der Waals surface area contributed by atoms with Crippen molar-refractivity contribution < 1.29 is 9.32 Å². The molecule has 0 atom stereocenters. The van der Waals surface area contributed by atoms with Crippen LogP contribution in [0.25, 0.3) is 11.4 Å². The number of carbonyl (C=O) groups excluding carboxylic acids is 1. The molecule has 9 heteroatoms. The van der Waals surface area contributed by atoms with Gasteiger partial charge in [-0.25, -0.2) is 0 Å². The van der Waals surface area contributed by atoms with Gasteiger partial charge in [0.25, 0.3) is 0 Å². The summed E-state index contributed by atoms with van der Waals surface area (Å²) in [6.45, 7) is 2.77. The van der Waals surface area contributed by atoms with E-state index in [1.807, 2.05) is 24.1 Å². The predicted molar refractivity (Wildman–Crippen MR) is 108 cm³/mol. The van der Waals surface area contributed by atoms with E-state index < -0.39 is 0 Å².